The van der Waals surface area contributed by atoms with Crippen molar-refractivity contribution < 1.29 is 4.74 Å². The quantitative estimate of drug-likeness (QED) is 0.560. The first-order valence-corrected chi connectivity index (χ1v) is 3.77. The Morgan fingerprint density at radius 2 is 2.00 bits per heavy atom. The van der Waals surface area contributed by atoms with Gasteiger partial charge in [-0.3, -0.25) is 0 Å². The van der Waals surface area contributed by atoms with Crippen molar-refractivity contribution in [3.63, 3.8) is 0 Å². The van der Waals surface area contributed by atoms with Crippen molar-refractivity contribution in [2.75, 3.05) is 13.0 Å². The number of hydrogen-bond acceptors (Lipinski definition) is 1. The van der Waals surface area contributed by atoms with E-state index in [1.54, 1.807) is 7.11 Å². The van der Waals surface area contributed by atoms with Crippen molar-refractivity contribution in [2.45, 2.75) is 32.3 Å². The predicted octanol–water partition coefficient (Wildman–Crippen LogP) is 2.43. The van der Waals surface area contributed by atoms with Crippen LogP contribution in [-0.4, -0.2) is 18.6 Å². The second-order valence-corrected chi connectivity index (χ2v) is 3.13. The highest BCUT2D eigenvalue weighted by Crippen LogP contribution is 2.14. The number of halogens is 1. The average molecular weight is 151 g/mol. The van der Waals surface area contributed by atoms with E-state index in [9.17, 15) is 0 Å². The fourth-order valence-corrected chi connectivity index (χ4v) is 0.728. The third kappa shape index (κ3) is 4.73. The number of hydrogen-bond donors (Lipinski definition) is 0. The number of alkyl halides is 1. The molecule has 2 heteroatoms. The van der Waals surface area contributed by atoms with Crippen molar-refractivity contribution in [1.82, 2.24) is 0 Å². The van der Waals surface area contributed by atoms with Crippen LogP contribution in [0.5, 0.6) is 0 Å². The Bertz CT molecular complexity index is 71.3. The maximum absolute atomic E-state index is 5.51. The molecule has 0 spiro atoms. The maximum Gasteiger partial charge on any atom is 0.0623 e. The lowest BCUT2D eigenvalue weighted by Gasteiger charge is -2.21. The van der Waals surface area contributed by atoms with E-state index in [0.717, 1.165) is 18.7 Å². The maximum atomic E-state index is 5.51. The zero-order valence-electron chi connectivity index (χ0n) is 6.41. The van der Waals surface area contributed by atoms with Crippen LogP contribution in [0.2, 0.25) is 0 Å². The third-order valence-corrected chi connectivity index (χ3v) is 1.73. The third-order valence-electron chi connectivity index (χ3n) is 1.47. The van der Waals surface area contributed by atoms with Gasteiger partial charge in [-0.1, -0.05) is 0 Å². The molecule has 0 aromatic rings. The fourth-order valence-electron chi connectivity index (χ4n) is 0.595. The lowest BCUT2D eigenvalue weighted by Crippen LogP contribution is -2.21. The van der Waals surface area contributed by atoms with Gasteiger partial charge in [0.2, 0.25) is 0 Å². The topological polar surface area (TPSA) is 9.23 Å². The summed E-state index contributed by atoms with van der Waals surface area (Å²) >= 11 is 5.51. The standard InChI is InChI=1S/C7H15ClO/c1-7(2,9-3)5-4-6-8/h4-6H2,1-3H3. The molecule has 0 bridgehead atoms. The van der Waals surface area contributed by atoms with Crippen LogP contribution in [0.1, 0.15) is 26.7 Å². The summed E-state index contributed by atoms with van der Waals surface area (Å²) in [5.41, 5.74) is 0.00882. The normalized spacial score (nSPS) is 12.0. The first-order chi connectivity index (χ1) is 4.12. The van der Waals surface area contributed by atoms with Crippen LogP contribution in [0, 0.1) is 0 Å². The molecule has 0 rings (SSSR count). The van der Waals surface area contributed by atoms with Crippen molar-refractivity contribution in [1.29, 1.82) is 0 Å². The van der Waals surface area contributed by atoms with Gasteiger partial charge in [-0.25, -0.2) is 0 Å². The molecule has 0 atom stereocenters. The van der Waals surface area contributed by atoms with Gasteiger partial charge in [0.1, 0.15) is 0 Å². The van der Waals surface area contributed by atoms with E-state index in [2.05, 4.69) is 13.8 Å². The molecule has 0 saturated carbocycles. The Hall–Kier alpha value is 0.250. The van der Waals surface area contributed by atoms with Crippen molar-refractivity contribution in [3.8, 4) is 0 Å². The monoisotopic (exact) mass is 150 g/mol. The highest BCUT2D eigenvalue weighted by molar-refractivity contribution is 6.17. The van der Waals surface area contributed by atoms with Gasteiger partial charge in [-0.15, -0.1) is 11.6 Å². The minimum absolute atomic E-state index is 0.00882. The lowest BCUT2D eigenvalue weighted by molar-refractivity contribution is 0.0151. The molecule has 0 amide bonds. The molecule has 0 aromatic heterocycles. The molecular weight excluding hydrogens is 136 g/mol. The van der Waals surface area contributed by atoms with Gasteiger partial charge in [-0.2, -0.15) is 0 Å². The Balaban J connectivity index is 3.33. The second-order valence-electron chi connectivity index (χ2n) is 2.76. The molecule has 0 aliphatic carbocycles. The van der Waals surface area contributed by atoms with E-state index in [1.807, 2.05) is 0 Å². The molecule has 56 valence electrons. The molecule has 0 fully saturated rings. The molecule has 0 heterocycles. The molecule has 0 radical (unpaired) electrons. The molecule has 1 nitrogen and oxygen atoms in total. The molecule has 0 aliphatic rings. The minimum Gasteiger partial charge on any atom is -0.379 e. The van der Waals surface area contributed by atoms with E-state index in [4.69, 9.17) is 16.3 Å². The lowest BCUT2D eigenvalue weighted by atomic mass is 10.0. The Kier molecular flexibility index (Phi) is 4.24. The first-order valence-electron chi connectivity index (χ1n) is 3.23. The largest absolute Gasteiger partial charge is 0.379 e. The molecule has 0 saturated heterocycles. The molecule has 0 unspecified atom stereocenters. The molecule has 0 aromatic carbocycles. The number of methoxy groups -OCH3 is 1. The smallest absolute Gasteiger partial charge is 0.0623 e. The Morgan fingerprint density at radius 3 is 2.33 bits per heavy atom. The zero-order valence-corrected chi connectivity index (χ0v) is 7.16. The van der Waals surface area contributed by atoms with E-state index in [-0.39, 0.29) is 5.60 Å². The SMILES string of the molecule is COC(C)(C)CCCCl. The van der Waals surface area contributed by atoms with Crippen LogP contribution in [0.3, 0.4) is 0 Å². The van der Waals surface area contributed by atoms with Crippen LogP contribution < -0.4 is 0 Å². The minimum atomic E-state index is 0.00882. The van der Waals surface area contributed by atoms with Gasteiger partial charge in [-0.05, 0) is 26.7 Å². The Labute approximate surface area is 62.3 Å². The summed E-state index contributed by atoms with van der Waals surface area (Å²) in [7, 11) is 1.73. The van der Waals surface area contributed by atoms with Gasteiger partial charge in [0.25, 0.3) is 0 Å². The van der Waals surface area contributed by atoms with Gasteiger partial charge in [0.15, 0.2) is 0 Å². The summed E-state index contributed by atoms with van der Waals surface area (Å²) in [6.45, 7) is 4.14. The molecular formula is C7H15ClO. The summed E-state index contributed by atoms with van der Waals surface area (Å²) in [5.74, 6) is 0.729. The number of rotatable bonds is 4. The van der Waals surface area contributed by atoms with Crippen molar-refractivity contribution in [2.24, 2.45) is 0 Å². The van der Waals surface area contributed by atoms with Gasteiger partial charge < -0.3 is 4.74 Å². The fraction of sp³-hybridized carbons (Fsp3) is 1.00. The van der Waals surface area contributed by atoms with E-state index in [1.165, 1.54) is 0 Å². The van der Waals surface area contributed by atoms with Crippen LogP contribution >= 0.6 is 11.6 Å². The molecule has 0 N–H and O–H groups in total. The molecule has 0 aliphatic heterocycles. The highest BCUT2D eigenvalue weighted by atomic mass is 35.5. The number of ether oxygens (including phenoxy) is 1. The second kappa shape index (κ2) is 4.13. The van der Waals surface area contributed by atoms with Crippen molar-refractivity contribution >= 4 is 11.6 Å². The van der Waals surface area contributed by atoms with Crippen LogP contribution in [0.15, 0.2) is 0 Å². The summed E-state index contributed by atoms with van der Waals surface area (Å²) < 4.78 is 5.18. The van der Waals surface area contributed by atoms with E-state index < -0.39 is 0 Å². The highest BCUT2D eigenvalue weighted by Gasteiger charge is 2.14. The van der Waals surface area contributed by atoms with Gasteiger partial charge >= 0.3 is 0 Å². The summed E-state index contributed by atoms with van der Waals surface area (Å²) in [6.07, 6.45) is 2.06. The Morgan fingerprint density at radius 1 is 1.44 bits per heavy atom. The van der Waals surface area contributed by atoms with Crippen molar-refractivity contribution in [3.05, 3.63) is 0 Å². The van der Waals surface area contributed by atoms with Crippen LogP contribution in [-0.2, 0) is 4.74 Å². The van der Waals surface area contributed by atoms with Gasteiger partial charge in [0.05, 0.1) is 5.60 Å². The summed E-state index contributed by atoms with van der Waals surface area (Å²) in [6, 6.07) is 0. The summed E-state index contributed by atoms with van der Waals surface area (Å²) in [4.78, 5) is 0. The zero-order chi connectivity index (χ0) is 7.33. The van der Waals surface area contributed by atoms with E-state index in [0.29, 0.717) is 0 Å². The van der Waals surface area contributed by atoms with Gasteiger partial charge in [0, 0.05) is 13.0 Å². The van der Waals surface area contributed by atoms with Crippen LogP contribution in [0.4, 0.5) is 0 Å². The van der Waals surface area contributed by atoms with E-state index >= 15 is 0 Å². The molecule has 9 heavy (non-hydrogen) atoms. The van der Waals surface area contributed by atoms with Crippen LogP contribution in [0.25, 0.3) is 0 Å². The predicted molar refractivity (Wildman–Crippen MR) is 41.0 cm³/mol. The summed E-state index contributed by atoms with van der Waals surface area (Å²) in [5, 5.41) is 0. The first kappa shape index (κ1) is 9.25. The average Bonchev–Trinajstić information content (AvgIpc) is 1.84.